The van der Waals surface area contributed by atoms with E-state index in [4.69, 9.17) is 9.47 Å². The second-order valence-electron chi connectivity index (χ2n) is 12.4. The number of amides is 3. The number of likely N-dealkylation sites (tertiary alicyclic amines) is 1. The van der Waals surface area contributed by atoms with Crippen molar-refractivity contribution in [2.45, 2.75) is 56.3 Å². The number of allylic oxidation sites excluding steroid dienone is 1. The van der Waals surface area contributed by atoms with Gasteiger partial charge in [0, 0.05) is 19.5 Å². The lowest BCUT2D eigenvalue weighted by Crippen LogP contribution is -2.55. The average molecular weight is 641 g/mol. The molecule has 13 heteroatoms. The molecule has 4 aliphatic heterocycles. The normalized spacial score (nSPS) is 31.7. The summed E-state index contributed by atoms with van der Waals surface area (Å²) in [5, 5.41) is 21.4. The van der Waals surface area contributed by atoms with Crippen molar-refractivity contribution in [3.05, 3.63) is 84.5 Å². The number of β-amino-alcohol motifs (C(OH)–C–C–N with tert-alkyl or cyclic N) is 1. The van der Waals surface area contributed by atoms with E-state index in [9.17, 15) is 24.3 Å². The van der Waals surface area contributed by atoms with Crippen molar-refractivity contribution in [1.82, 2.24) is 30.1 Å². The van der Waals surface area contributed by atoms with Gasteiger partial charge >= 0.3 is 5.97 Å². The Morgan fingerprint density at radius 1 is 1.02 bits per heavy atom. The topological polar surface area (TPSA) is 156 Å². The number of esters is 1. The predicted molar refractivity (Wildman–Crippen MR) is 167 cm³/mol. The Hall–Kier alpha value is -4.88. The van der Waals surface area contributed by atoms with Crippen LogP contribution in [0.5, 0.6) is 0 Å². The van der Waals surface area contributed by atoms with E-state index < -0.39 is 59.5 Å². The Kier molecular flexibility index (Phi) is 8.10. The molecule has 244 valence electrons. The minimum atomic E-state index is -1.51. The number of nitrogens with zero attached hydrogens (tertiary/aromatic N) is 5. The zero-order valence-corrected chi connectivity index (χ0v) is 25.8. The Morgan fingerprint density at radius 2 is 1.81 bits per heavy atom. The number of para-hydroxylation sites is 1. The van der Waals surface area contributed by atoms with Crippen molar-refractivity contribution in [3.8, 4) is 0 Å². The molecule has 2 saturated heterocycles. The van der Waals surface area contributed by atoms with Gasteiger partial charge < -0.3 is 29.7 Å². The maximum Gasteiger partial charge on any atom is 0.313 e. The van der Waals surface area contributed by atoms with E-state index >= 15 is 0 Å². The number of aliphatic hydroxyl groups is 1. The maximum atomic E-state index is 14.5. The molecule has 0 radical (unpaired) electrons. The van der Waals surface area contributed by atoms with Crippen LogP contribution in [0.25, 0.3) is 11.0 Å². The van der Waals surface area contributed by atoms with E-state index in [2.05, 4.69) is 15.6 Å². The number of carbonyl (C=O) groups is 4. The van der Waals surface area contributed by atoms with Gasteiger partial charge in [0.2, 0.25) is 11.8 Å². The molecule has 0 bridgehead atoms. The molecule has 0 unspecified atom stereocenters. The zero-order chi connectivity index (χ0) is 32.7. The second-order valence-corrected chi connectivity index (χ2v) is 12.4. The monoisotopic (exact) mass is 640 g/mol. The Labute approximate surface area is 270 Å². The average Bonchev–Trinajstić information content (AvgIpc) is 3.66. The molecule has 0 saturated carbocycles. The van der Waals surface area contributed by atoms with Crippen molar-refractivity contribution < 1.29 is 33.8 Å². The van der Waals surface area contributed by atoms with Crippen LogP contribution in [0.3, 0.4) is 0 Å². The number of aliphatic hydroxyl groups excluding tert-OH is 1. The van der Waals surface area contributed by atoms with Gasteiger partial charge in [-0.05, 0) is 31.0 Å². The molecule has 7 rings (SSSR count). The van der Waals surface area contributed by atoms with Crippen LogP contribution in [0.1, 0.15) is 31.4 Å². The van der Waals surface area contributed by atoms with Crippen LogP contribution in [0, 0.1) is 11.8 Å². The van der Waals surface area contributed by atoms with Gasteiger partial charge in [-0.1, -0.05) is 72.0 Å². The van der Waals surface area contributed by atoms with Gasteiger partial charge in [-0.3, -0.25) is 19.2 Å². The highest BCUT2D eigenvalue weighted by Crippen LogP contribution is 2.53. The summed E-state index contributed by atoms with van der Waals surface area (Å²) in [6.45, 7) is 1.52. The van der Waals surface area contributed by atoms with Gasteiger partial charge in [-0.25, -0.2) is 4.68 Å². The summed E-state index contributed by atoms with van der Waals surface area (Å²) in [6.07, 6.45) is 5.80. The van der Waals surface area contributed by atoms with Gasteiger partial charge in [-0.2, -0.15) is 0 Å². The van der Waals surface area contributed by atoms with Crippen LogP contribution in [0.4, 0.5) is 0 Å². The van der Waals surface area contributed by atoms with Gasteiger partial charge in [0.25, 0.3) is 5.91 Å². The molecule has 2 N–H and O–H groups in total. The highest BCUT2D eigenvalue weighted by Gasteiger charge is 2.71. The van der Waals surface area contributed by atoms with Crippen LogP contribution < -0.4 is 5.32 Å². The number of carbonyl (C=O) groups excluding carboxylic acids is 4. The highest BCUT2D eigenvalue weighted by molar-refractivity contribution is 5.99. The van der Waals surface area contributed by atoms with E-state index in [1.807, 2.05) is 54.6 Å². The maximum absolute atomic E-state index is 14.5. The number of hydrogen-bond acceptors (Lipinski definition) is 9. The summed E-state index contributed by atoms with van der Waals surface area (Å²) < 4.78 is 14.5. The summed E-state index contributed by atoms with van der Waals surface area (Å²) >= 11 is 0. The molecule has 1 spiro atoms. The molecule has 7 atom stereocenters. The fraction of sp³-hybridized carbons (Fsp3) is 0.412. The summed E-state index contributed by atoms with van der Waals surface area (Å²) in [6, 6.07) is 14.8. The molecule has 2 aromatic carbocycles. The molecule has 3 amide bonds. The van der Waals surface area contributed by atoms with Crippen molar-refractivity contribution >= 4 is 34.7 Å². The zero-order valence-electron chi connectivity index (χ0n) is 25.8. The van der Waals surface area contributed by atoms with E-state index in [1.165, 1.54) is 4.90 Å². The minimum absolute atomic E-state index is 0.0641. The molecule has 4 aliphatic rings. The number of benzene rings is 2. The molecule has 0 aliphatic carbocycles. The Morgan fingerprint density at radius 3 is 2.62 bits per heavy atom. The fourth-order valence-corrected chi connectivity index (χ4v) is 7.41. The molecule has 3 aromatic rings. The van der Waals surface area contributed by atoms with Crippen LogP contribution in [0.15, 0.2) is 78.9 Å². The lowest BCUT2D eigenvalue weighted by Gasteiger charge is -2.35. The summed E-state index contributed by atoms with van der Waals surface area (Å²) in [4.78, 5) is 58.7. The number of rotatable bonds is 5. The van der Waals surface area contributed by atoms with Crippen molar-refractivity contribution in [1.29, 1.82) is 0 Å². The third kappa shape index (κ3) is 5.28. The van der Waals surface area contributed by atoms with E-state index in [0.717, 1.165) is 5.52 Å². The fourth-order valence-electron chi connectivity index (χ4n) is 7.41. The molecule has 13 nitrogen and oxygen atoms in total. The Bertz CT molecular complexity index is 1760. The third-order valence-electron chi connectivity index (χ3n) is 9.49. The summed E-state index contributed by atoms with van der Waals surface area (Å²) in [5.74, 6) is -3.94. The summed E-state index contributed by atoms with van der Waals surface area (Å²) in [7, 11) is 0. The SMILES string of the molecule is C[C@@H]1NC(=O)CC/C=C\[C@@H]2O[C@@]34C=CCN(Cn5nnc6ccccc65)C(=O)[C@@H]3N(CCO)C(=O)[C@H]4[C@@H]2C(=O)O[C@H]1c1ccccc1. The summed E-state index contributed by atoms with van der Waals surface area (Å²) in [5.41, 5.74) is 0.598. The Balaban J connectivity index is 1.27. The van der Waals surface area contributed by atoms with Crippen LogP contribution in [0.2, 0.25) is 0 Å². The van der Waals surface area contributed by atoms with Gasteiger partial charge in [0.15, 0.2) is 0 Å². The quantitative estimate of drug-likeness (QED) is 0.312. The molecule has 5 heterocycles. The molecular weight excluding hydrogens is 604 g/mol. The number of ether oxygens (including phenoxy) is 2. The number of hydrogen-bond donors (Lipinski definition) is 2. The van der Waals surface area contributed by atoms with Crippen molar-refractivity contribution in [2.24, 2.45) is 11.8 Å². The van der Waals surface area contributed by atoms with Gasteiger partial charge in [0.1, 0.15) is 35.9 Å². The van der Waals surface area contributed by atoms with Gasteiger partial charge in [-0.15, -0.1) is 5.10 Å². The number of aromatic nitrogens is 3. The van der Waals surface area contributed by atoms with E-state index in [-0.39, 0.29) is 38.7 Å². The van der Waals surface area contributed by atoms with Crippen LogP contribution in [-0.2, 0) is 35.3 Å². The first-order valence-corrected chi connectivity index (χ1v) is 15.9. The van der Waals surface area contributed by atoms with Crippen LogP contribution >= 0.6 is 0 Å². The second kappa shape index (κ2) is 12.4. The lowest BCUT2D eigenvalue weighted by molar-refractivity contribution is -0.161. The lowest BCUT2D eigenvalue weighted by atomic mass is 9.77. The number of fused-ring (bicyclic) bond motifs is 3. The smallest absolute Gasteiger partial charge is 0.313 e. The molecule has 1 aromatic heterocycles. The molecular formula is C34H36N6O7. The molecule has 2 fully saturated rings. The number of cyclic esters (lactones) is 1. The van der Waals surface area contributed by atoms with E-state index in [0.29, 0.717) is 17.5 Å². The van der Waals surface area contributed by atoms with Crippen molar-refractivity contribution in [2.75, 3.05) is 19.7 Å². The van der Waals surface area contributed by atoms with E-state index in [1.54, 1.807) is 40.8 Å². The first-order chi connectivity index (χ1) is 22.8. The standard InChI is InChI=1S/C34H36N6O7/c1-21-29(22-10-3-2-4-11-22)46-33(45)27-25(14-7-8-15-26(42)35-21)47-34-16-9-17-38(20-40-24-13-6-5-12-23(24)36-37-40)32(44)30(34)39(18-19-41)31(43)28(27)34/h2-7,9-14,16,21,25,27-30,41H,8,15,17-20H2,1H3,(H,35,42)/b14-7-/t21-,25-,27+,28+,29+,30-,34+/m0/s1. The van der Waals surface area contributed by atoms with Crippen LogP contribution in [-0.4, -0.2) is 97.1 Å². The van der Waals surface area contributed by atoms with Gasteiger partial charge in [0.05, 0.1) is 30.2 Å². The first-order valence-electron chi connectivity index (χ1n) is 15.9. The van der Waals surface area contributed by atoms with Crippen molar-refractivity contribution in [3.63, 3.8) is 0 Å². The third-order valence-corrected chi connectivity index (χ3v) is 9.49. The minimum Gasteiger partial charge on any atom is -0.455 e. The molecule has 47 heavy (non-hydrogen) atoms. The first kappa shape index (κ1) is 30.8. The number of nitrogens with one attached hydrogen (secondary N) is 1. The predicted octanol–water partition coefficient (Wildman–Crippen LogP) is 1.50. The highest BCUT2D eigenvalue weighted by atomic mass is 16.6. The largest absolute Gasteiger partial charge is 0.455 e.